The van der Waals surface area contributed by atoms with Crippen molar-refractivity contribution in [3.63, 3.8) is 0 Å². The van der Waals surface area contributed by atoms with E-state index in [9.17, 15) is 18.3 Å². The number of aliphatic hydroxyl groups excluding tert-OH is 1. The van der Waals surface area contributed by atoms with Crippen LogP contribution in [-0.4, -0.2) is 45.2 Å². The molecule has 0 aliphatic carbocycles. The molecule has 1 fully saturated rings. The van der Waals surface area contributed by atoms with Crippen molar-refractivity contribution in [2.45, 2.75) is 17.9 Å². The van der Waals surface area contributed by atoms with E-state index in [0.29, 0.717) is 25.3 Å². The molecule has 0 spiro atoms. The van der Waals surface area contributed by atoms with Gasteiger partial charge in [-0.05, 0) is 42.8 Å². The Labute approximate surface area is 171 Å². The maximum atomic E-state index is 12.6. The maximum absolute atomic E-state index is 12.6. The first-order valence-corrected chi connectivity index (χ1v) is 10.2. The van der Waals surface area contributed by atoms with E-state index in [2.05, 4.69) is 15.4 Å². The molecule has 9 heteroatoms. The minimum atomic E-state index is -3.81. The van der Waals surface area contributed by atoms with Crippen LogP contribution in [0.5, 0.6) is 0 Å². The van der Waals surface area contributed by atoms with Gasteiger partial charge in [0.25, 0.3) is 15.9 Å². The third-order valence-corrected chi connectivity index (χ3v) is 5.88. The fourth-order valence-corrected chi connectivity index (χ4v) is 4.08. The average molecular weight is 426 g/mol. The Morgan fingerprint density at radius 2 is 1.93 bits per heavy atom. The molecular weight excluding hydrogens is 402 g/mol. The molecule has 0 saturated carbocycles. The van der Waals surface area contributed by atoms with Gasteiger partial charge in [-0.15, -0.1) is 12.4 Å². The number of sulfonamides is 1. The van der Waals surface area contributed by atoms with Crippen LogP contribution < -0.4 is 15.4 Å². The lowest BCUT2D eigenvalue weighted by molar-refractivity contribution is 0.0927. The zero-order valence-electron chi connectivity index (χ0n) is 15.4. The molecule has 3 rings (SSSR count). The predicted octanol–water partition coefficient (Wildman–Crippen LogP) is 1.53. The van der Waals surface area contributed by atoms with Crippen molar-refractivity contribution >= 4 is 34.0 Å². The number of nitrogens with one attached hydrogen (secondary N) is 3. The van der Waals surface area contributed by atoms with Crippen molar-refractivity contribution in [2.24, 2.45) is 5.92 Å². The van der Waals surface area contributed by atoms with E-state index in [-0.39, 0.29) is 34.7 Å². The molecule has 1 saturated heterocycles. The van der Waals surface area contributed by atoms with Crippen LogP contribution in [0.3, 0.4) is 0 Å². The van der Waals surface area contributed by atoms with Crippen LogP contribution in [0, 0.1) is 12.8 Å². The molecule has 1 aliphatic rings. The topological polar surface area (TPSA) is 108 Å². The summed E-state index contributed by atoms with van der Waals surface area (Å²) >= 11 is 0. The van der Waals surface area contributed by atoms with Gasteiger partial charge in [-0.3, -0.25) is 9.52 Å². The van der Waals surface area contributed by atoms with Crippen molar-refractivity contribution in [1.82, 2.24) is 10.6 Å². The van der Waals surface area contributed by atoms with Crippen LogP contribution in [0.2, 0.25) is 0 Å². The van der Waals surface area contributed by atoms with Gasteiger partial charge in [0.15, 0.2) is 0 Å². The number of anilines is 1. The Kier molecular flexibility index (Phi) is 7.42. The van der Waals surface area contributed by atoms with E-state index < -0.39 is 16.1 Å². The van der Waals surface area contributed by atoms with Gasteiger partial charge >= 0.3 is 0 Å². The third-order valence-electron chi connectivity index (χ3n) is 4.51. The molecule has 0 aromatic heterocycles. The highest BCUT2D eigenvalue weighted by molar-refractivity contribution is 7.92. The van der Waals surface area contributed by atoms with E-state index in [4.69, 9.17) is 0 Å². The first-order chi connectivity index (χ1) is 12.8. The quantitative estimate of drug-likeness (QED) is 0.561. The summed E-state index contributed by atoms with van der Waals surface area (Å²) in [4.78, 5) is 12.4. The summed E-state index contributed by atoms with van der Waals surface area (Å²) in [5, 5.41) is 15.6. The fourth-order valence-electron chi connectivity index (χ4n) is 2.98. The Bertz CT molecular complexity index is 936. The fraction of sp³-hybridized carbons (Fsp3) is 0.316. The maximum Gasteiger partial charge on any atom is 0.261 e. The second-order valence-corrected chi connectivity index (χ2v) is 8.38. The van der Waals surface area contributed by atoms with Crippen LogP contribution in [0.15, 0.2) is 53.4 Å². The minimum absolute atomic E-state index is 0. The number of aliphatic hydroxyl groups is 1. The monoisotopic (exact) mass is 425 g/mol. The molecule has 2 atom stereocenters. The number of amides is 1. The van der Waals surface area contributed by atoms with Gasteiger partial charge in [0.1, 0.15) is 0 Å². The van der Waals surface area contributed by atoms with Crippen molar-refractivity contribution in [3.05, 3.63) is 59.7 Å². The lowest BCUT2D eigenvalue weighted by Crippen LogP contribution is -2.34. The Morgan fingerprint density at radius 1 is 1.18 bits per heavy atom. The van der Waals surface area contributed by atoms with Crippen LogP contribution in [0.4, 0.5) is 5.69 Å². The summed E-state index contributed by atoms with van der Waals surface area (Å²) in [6.07, 6.45) is -0.490. The molecular formula is C19H24ClN3O4S. The summed E-state index contributed by atoms with van der Waals surface area (Å²) in [7, 11) is -3.81. The lowest BCUT2D eigenvalue weighted by Gasteiger charge is -2.14. The number of hydrogen-bond acceptors (Lipinski definition) is 5. The SMILES string of the molecule is Cc1cccc(NS(=O)(=O)c2cccc(C(=O)NCC3CNCC3O)c2)c1.Cl. The minimum Gasteiger partial charge on any atom is -0.391 e. The highest BCUT2D eigenvalue weighted by Crippen LogP contribution is 2.18. The zero-order chi connectivity index (χ0) is 19.4. The molecule has 1 aliphatic heterocycles. The Balaban J connectivity index is 0.00000280. The number of benzene rings is 2. The first kappa shape index (κ1) is 22.2. The van der Waals surface area contributed by atoms with Crippen LogP contribution in [-0.2, 0) is 10.0 Å². The lowest BCUT2D eigenvalue weighted by atomic mass is 10.1. The highest BCUT2D eigenvalue weighted by Gasteiger charge is 2.25. The summed E-state index contributed by atoms with van der Waals surface area (Å²) in [5.41, 5.74) is 1.65. The molecule has 0 radical (unpaired) electrons. The van der Waals surface area contributed by atoms with Gasteiger partial charge in [0.05, 0.1) is 11.0 Å². The molecule has 0 bridgehead atoms. The molecule has 1 heterocycles. The first-order valence-electron chi connectivity index (χ1n) is 8.72. The van der Waals surface area contributed by atoms with Crippen molar-refractivity contribution in [2.75, 3.05) is 24.4 Å². The number of carbonyl (C=O) groups is 1. The number of rotatable bonds is 6. The van der Waals surface area contributed by atoms with Crippen molar-refractivity contribution in [3.8, 4) is 0 Å². The van der Waals surface area contributed by atoms with Gasteiger partial charge in [0, 0.05) is 36.8 Å². The number of carbonyl (C=O) groups excluding carboxylic acids is 1. The van der Waals surface area contributed by atoms with Crippen LogP contribution >= 0.6 is 12.4 Å². The van der Waals surface area contributed by atoms with E-state index in [1.54, 1.807) is 24.3 Å². The summed E-state index contributed by atoms with van der Waals surface area (Å²) in [6.45, 7) is 3.35. The van der Waals surface area contributed by atoms with E-state index in [1.165, 1.54) is 18.2 Å². The van der Waals surface area contributed by atoms with Crippen molar-refractivity contribution < 1.29 is 18.3 Å². The molecule has 28 heavy (non-hydrogen) atoms. The third kappa shape index (κ3) is 5.45. The average Bonchev–Trinajstić information content (AvgIpc) is 3.04. The molecule has 152 valence electrons. The summed E-state index contributed by atoms with van der Waals surface area (Å²) < 4.78 is 27.8. The molecule has 2 unspecified atom stereocenters. The van der Waals surface area contributed by atoms with E-state index in [0.717, 1.165) is 5.56 Å². The normalized spacial score (nSPS) is 18.9. The largest absolute Gasteiger partial charge is 0.391 e. The summed E-state index contributed by atoms with van der Waals surface area (Å²) in [6, 6.07) is 12.9. The predicted molar refractivity (Wildman–Crippen MR) is 110 cm³/mol. The molecule has 1 amide bonds. The number of β-amino-alcohol motifs (C(OH)–C–C–N with tert-alkyl or cyclic N) is 1. The van der Waals surface area contributed by atoms with Gasteiger partial charge in [-0.25, -0.2) is 8.42 Å². The summed E-state index contributed by atoms with van der Waals surface area (Å²) in [5.74, 6) is -0.425. The molecule has 2 aromatic rings. The molecule has 7 nitrogen and oxygen atoms in total. The van der Waals surface area contributed by atoms with Gasteiger partial charge in [0.2, 0.25) is 0 Å². The number of aryl methyl sites for hydroxylation is 1. The standard InChI is InChI=1S/C19H23N3O4S.ClH/c1-13-4-2-6-16(8-13)22-27(25,26)17-7-3-5-14(9-17)19(24)21-11-15-10-20-12-18(15)23;/h2-9,15,18,20,22-23H,10-12H2,1H3,(H,21,24);1H. The van der Waals surface area contributed by atoms with E-state index >= 15 is 0 Å². The van der Waals surface area contributed by atoms with Crippen LogP contribution in [0.1, 0.15) is 15.9 Å². The number of halogens is 1. The Hall–Kier alpha value is -2.13. The zero-order valence-corrected chi connectivity index (χ0v) is 17.0. The number of hydrogen-bond donors (Lipinski definition) is 4. The van der Waals surface area contributed by atoms with Gasteiger partial charge in [-0.1, -0.05) is 18.2 Å². The second-order valence-electron chi connectivity index (χ2n) is 6.70. The molecule has 4 N–H and O–H groups in total. The van der Waals surface area contributed by atoms with E-state index in [1.807, 2.05) is 13.0 Å². The Morgan fingerprint density at radius 3 is 2.61 bits per heavy atom. The van der Waals surface area contributed by atoms with Crippen molar-refractivity contribution in [1.29, 1.82) is 0 Å². The second kappa shape index (κ2) is 9.38. The highest BCUT2D eigenvalue weighted by atomic mass is 35.5. The van der Waals surface area contributed by atoms with Gasteiger partial charge < -0.3 is 15.7 Å². The van der Waals surface area contributed by atoms with Crippen LogP contribution in [0.25, 0.3) is 0 Å². The smallest absolute Gasteiger partial charge is 0.261 e. The molecule has 2 aromatic carbocycles. The van der Waals surface area contributed by atoms with Gasteiger partial charge in [-0.2, -0.15) is 0 Å².